The Morgan fingerprint density at radius 1 is 1.07 bits per heavy atom. The van der Waals surface area contributed by atoms with E-state index in [2.05, 4.69) is 52.1 Å². The molecule has 29 heavy (non-hydrogen) atoms. The van der Waals surface area contributed by atoms with Crippen LogP contribution < -0.4 is 4.90 Å². The van der Waals surface area contributed by atoms with Crippen LogP contribution >= 0.6 is 0 Å². The van der Waals surface area contributed by atoms with E-state index < -0.39 is 0 Å². The van der Waals surface area contributed by atoms with Crippen molar-refractivity contribution in [3.05, 3.63) is 54.0 Å². The number of hydrogen-bond donors (Lipinski definition) is 1. The minimum absolute atomic E-state index is 0.484. The predicted octanol–water partition coefficient (Wildman–Crippen LogP) is 4.63. The van der Waals surface area contributed by atoms with Crippen LogP contribution in [0.3, 0.4) is 0 Å². The number of ether oxygens (including phenoxy) is 1. The van der Waals surface area contributed by atoms with Gasteiger partial charge in [0.1, 0.15) is 5.69 Å². The smallest absolute Gasteiger partial charge is 0.100 e. The fourth-order valence-corrected chi connectivity index (χ4v) is 4.89. The van der Waals surface area contributed by atoms with Gasteiger partial charge in [-0.15, -0.1) is 0 Å². The highest BCUT2D eigenvalue weighted by Gasteiger charge is 2.44. The molecule has 4 heterocycles. The number of nitrogens with zero attached hydrogens (tertiary/aromatic N) is 3. The number of H-pyrrole nitrogens is 1. The second-order valence-electron chi connectivity index (χ2n) is 8.47. The highest BCUT2D eigenvalue weighted by atomic mass is 16.5. The minimum atomic E-state index is 0.484. The number of aryl methyl sites for hydroxylation is 2. The first kappa shape index (κ1) is 18.4. The molecule has 150 valence electrons. The molecule has 2 aromatic heterocycles. The molecule has 2 fully saturated rings. The van der Waals surface area contributed by atoms with Gasteiger partial charge < -0.3 is 9.64 Å². The van der Waals surface area contributed by atoms with E-state index in [9.17, 15) is 0 Å². The summed E-state index contributed by atoms with van der Waals surface area (Å²) in [6.45, 7) is 8.51. The highest BCUT2D eigenvalue weighted by molar-refractivity contribution is 5.83. The number of nitrogens with one attached hydrogen (secondary N) is 1. The zero-order valence-corrected chi connectivity index (χ0v) is 17.2. The summed E-state index contributed by atoms with van der Waals surface area (Å²) in [5.41, 5.74) is 8.86. The molecule has 1 N–H and O–H groups in total. The Morgan fingerprint density at radius 3 is 2.55 bits per heavy atom. The number of rotatable bonds is 4. The van der Waals surface area contributed by atoms with Gasteiger partial charge in [-0.3, -0.25) is 10.1 Å². The number of benzene rings is 1. The Kier molecular flexibility index (Phi) is 4.63. The third-order valence-electron chi connectivity index (χ3n) is 6.60. The quantitative estimate of drug-likeness (QED) is 0.708. The van der Waals surface area contributed by atoms with Gasteiger partial charge in [0.25, 0.3) is 0 Å². The maximum absolute atomic E-state index is 5.57. The summed E-state index contributed by atoms with van der Waals surface area (Å²) in [5, 5.41) is 7.76. The van der Waals surface area contributed by atoms with Crippen LogP contribution in [0, 0.1) is 12.3 Å². The average Bonchev–Trinajstić information content (AvgIpc) is 3.14. The van der Waals surface area contributed by atoms with E-state index in [1.165, 1.54) is 35.2 Å². The van der Waals surface area contributed by atoms with Crippen LogP contribution in [-0.2, 0) is 11.2 Å². The summed E-state index contributed by atoms with van der Waals surface area (Å²) in [7, 11) is 0. The first-order valence-corrected chi connectivity index (χ1v) is 10.6. The lowest BCUT2D eigenvalue weighted by Gasteiger charge is -2.53. The van der Waals surface area contributed by atoms with Crippen molar-refractivity contribution < 1.29 is 4.74 Å². The maximum atomic E-state index is 5.57. The zero-order chi connectivity index (χ0) is 19.8. The maximum Gasteiger partial charge on any atom is 0.100 e. The molecule has 3 aromatic rings. The van der Waals surface area contributed by atoms with Gasteiger partial charge in [-0.05, 0) is 61.6 Å². The van der Waals surface area contributed by atoms with Crippen LogP contribution in [0.4, 0.5) is 5.69 Å². The minimum Gasteiger partial charge on any atom is -0.381 e. The van der Waals surface area contributed by atoms with Gasteiger partial charge in [0.15, 0.2) is 0 Å². The first-order chi connectivity index (χ1) is 14.2. The summed E-state index contributed by atoms with van der Waals surface area (Å²) in [5.74, 6) is 0. The van der Waals surface area contributed by atoms with Crippen LogP contribution in [0.5, 0.6) is 0 Å². The van der Waals surface area contributed by atoms with Crippen molar-refractivity contribution in [3.63, 3.8) is 0 Å². The summed E-state index contributed by atoms with van der Waals surface area (Å²) >= 11 is 0. The fraction of sp³-hybridized carbons (Fsp3) is 0.417. The van der Waals surface area contributed by atoms with Gasteiger partial charge in [-0.2, -0.15) is 5.10 Å². The average molecular weight is 389 g/mol. The third kappa shape index (κ3) is 3.23. The van der Waals surface area contributed by atoms with Crippen molar-refractivity contribution >= 4 is 5.69 Å². The fourth-order valence-electron chi connectivity index (χ4n) is 4.89. The van der Waals surface area contributed by atoms with Crippen LogP contribution in [0.1, 0.15) is 31.0 Å². The molecular weight excluding hydrogens is 360 g/mol. The predicted molar refractivity (Wildman–Crippen MR) is 116 cm³/mol. The summed E-state index contributed by atoms with van der Waals surface area (Å²) < 4.78 is 5.57. The van der Waals surface area contributed by atoms with Gasteiger partial charge in [-0.25, -0.2) is 0 Å². The molecule has 2 aliphatic rings. The van der Waals surface area contributed by atoms with Crippen LogP contribution in [-0.4, -0.2) is 41.5 Å². The van der Waals surface area contributed by atoms with Crippen molar-refractivity contribution in [2.45, 2.75) is 33.1 Å². The molecule has 5 rings (SSSR count). The Bertz CT molecular complexity index is 997. The monoisotopic (exact) mass is 388 g/mol. The van der Waals surface area contributed by atoms with Gasteiger partial charge in [0, 0.05) is 66.6 Å². The molecular formula is C24H28N4O. The molecule has 0 bridgehead atoms. The SMILES string of the molecule is CCc1cc(-c2c(-c3ccncc3)n[nH]c2C)ccc1N1CC2(CCOCC2)C1. The van der Waals surface area contributed by atoms with E-state index in [0.29, 0.717) is 5.41 Å². The van der Waals surface area contributed by atoms with Crippen molar-refractivity contribution in [3.8, 4) is 22.4 Å². The van der Waals surface area contributed by atoms with Crippen molar-refractivity contribution in [1.29, 1.82) is 0 Å². The summed E-state index contributed by atoms with van der Waals surface area (Å²) in [6.07, 6.45) is 7.07. The molecule has 0 unspecified atom stereocenters. The number of pyridine rings is 1. The lowest BCUT2D eigenvalue weighted by Crippen LogP contribution is -2.58. The molecule has 5 heteroatoms. The molecule has 0 radical (unpaired) electrons. The molecule has 2 aliphatic heterocycles. The standard InChI is InChI=1S/C24H28N4O/c1-3-18-14-20(22-17(2)26-27-23(22)19-6-10-25-11-7-19)4-5-21(18)28-15-24(16-28)8-12-29-13-9-24/h4-7,10-11,14H,3,8-9,12-13,15-16H2,1-2H3,(H,26,27). The van der Waals surface area contributed by atoms with E-state index >= 15 is 0 Å². The van der Waals surface area contributed by atoms with Gasteiger partial charge >= 0.3 is 0 Å². The van der Waals surface area contributed by atoms with E-state index in [0.717, 1.165) is 49.7 Å². The third-order valence-corrected chi connectivity index (χ3v) is 6.60. The molecule has 1 spiro atoms. The number of anilines is 1. The summed E-state index contributed by atoms with van der Waals surface area (Å²) in [4.78, 5) is 6.69. The number of aromatic nitrogens is 3. The lowest BCUT2D eigenvalue weighted by molar-refractivity contribution is -0.000236. The van der Waals surface area contributed by atoms with Crippen molar-refractivity contribution in [1.82, 2.24) is 15.2 Å². The molecule has 0 aliphatic carbocycles. The molecule has 0 atom stereocenters. The first-order valence-electron chi connectivity index (χ1n) is 10.6. The van der Waals surface area contributed by atoms with Crippen LogP contribution in [0.15, 0.2) is 42.7 Å². The van der Waals surface area contributed by atoms with Gasteiger partial charge in [0.05, 0.1) is 0 Å². The van der Waals surface area contributed by atoms with E-state index in [1.807, 2.05) is 24.5 Å². The Morgan fingerprint density at radius 2 is 1.83 bits per heavy atom. The van der Waals surface area contributed by atoms with E-state index in [4.69, 9.17) is 4.74 Å². The van der Waals surface area contributed by atoms with Crippen molar-refractivity contribution in [2.75, 3.05) is 31.2 Å². The highest BCUT2D eigenvalue weighted by Crippen LogP contribution is 2.44. The second kappa shape index (κ2) is 7.30. The topological polar surface area (TPSA) is 54.0 Å². The van der Waals surface area contributed by atoms with Crippen LogP contribution in [0.25, 0.3) is 22.4 Å². The second-order valence-corrected chi connectivity index (χ2v) is 8.47. The lowest BCUT2D eigenvalue weighted by atomic mass is 9.73. The molecule has 2 saturated heterocycles. The van der Waals surface area contributed by atoms with E-state index in [-0.39, 0.29) is 0 Å². The van der Waals surface area contributed by atoms with Gasteiger partial charge in [-0.1, -0.05) is 13.0 Å². The van der Waals surface area contributed by atoms with Crippen LogP contribution in [0.2, 0.25) is 0 Å². The van der Waals surface area contributed by atoms with Gasteiger partial charge in [0.2, 0.25) is 0 Å². The molecule has 0 saturated carbocycles. The molecule has 5 nitrogen and oxygen atoms in total. The van der Waals surface area contributed by atoms with Crippen molar-refractivity contribution in [2.24, 2.45) is 5.41 Å². The Hall–Kier alpha value is -2.66. The normalized spacial score (nSPS) is 18.1. The summed E-state index contributed by atoms with van der Waals surface area (Å²) in [6, 6.07) is 10.9. The largest absolute Gasteiger partial charge is 0.381 e. The zero-order valence-electron chi connectivity index (χ0n) is 17.2. The Labute approximate surface area is 172 Å². The molecule has 1 aromatic carbocycles. The number of hydrogen-bond acceptors (Lipinski definition) is 4. The number of aromatic amines is 1. The van der Waals surface area contributed by atoms with E-state index in [1.54, 1.807) is 0 Å². The molecule has 0 amide bonds. The Balaban J connectivity index is 1.46.